The number of carbonyl (C=O) groups is 1. The van der Waals surface area contributed by atoms with Crippen molar-refractivity contribution in [3.05, 3.63) is 47.3 Å². The molecule has 1 saturated carbocycles. The van der Waals surface area contributed by atoms with Crippen LogP contribution in [0.4, 0.5) is 0 Å². The summed E-state index contributed by atoms with van der Waals surface area (Å²) in [5, 5.41) is 18.9. The van der Waals surface area contributed by atoms with Crippen LogP contribution in [0.2, 0.25) is 0 Å². The van der Waals surface area contributed by atoms with E-state index >= 15 is 0 Å². The highest BCUT2D eigenvalue weighted by atomic mass is 16.7. The highest BCUT2D eigenvalue weighted by Crippen LogP contribution is 2.40. The summed E-state index contributed by atoms with van der Waals surface area (Å²) >= 11 is 0. The lowest BCUT2D eigenvalue weighted by molar-refractivity contribution is -0.196. The molecule has 7 nitrogen and oxygen atoms in total. The van der Waals surface area contributed by atoms with Gasteiger partial charge in [0.1, 0.15) is 17.9 Å². The molecule has 0 amide bonds. The molecule has 2 aromatic rings. The van der Waals surface area contributed by atoms with E-state index in [1.54, 1.807) is 4.68 Å². The summed E-state index contributed by atoms with van der Waals surface area (Å²) < 4.78 is 13.6. The summed E-state index contributed by atoms with van der Waals surface area (Å²) in [4.78, 5) is 11.4. The summed E-state index contributed by atoms with van der Waals surface area (Å²) in [6, 6.07) is 9.73. The Labute approximate surface area is 151 Å². The van der Waals surface area contributed by atoms with Crippen molar-refractivity contribution in [3.8, 4) is 0 Å². The van der Waals surface area contributed by atoms with E-state index < -0.39 is 18.0 Å². The van der Waals surface area contributed by atoms with Crippen molar-refractivity contribution in [2.75, 3.05) is 6.61 Å². The van der Waals surface area contributed by atoms with Crippen molar-refractivity contribution < 1.29 is 19.4 Å². The Bertz CT molecular complexity index is 755. The third-order valence-corrected chi connectivity index (χ3v) is 5.21. The second kappa shape index (κ2) is 7.26. The topological polar surface area (TPSA) is 86.5 Å². The minimum absolute atomic E-state index is 0.140. The minimum Gasteiger partial charge on any atom is -0.384 e. The minimum atomic E-state index is -1.02. The van der Waals surface area contributed by atoms with Gasteiger partial charge in [-0.2, -0.15) is 0 Å². The van der Waals surface area contributed by atoms with Gasteiger partial charge in [-0.3, -0.25) is 4.79 Å². The van der Waals surface area contributed by atoms with E-state index in [0.29, 0.717) is 25.1 Å². The third-order valence-electron chi connectivity index (χ3n) is 5.21. The molecule has 0 radical (unpaired) electrons. The molecule has 1 saturated heterocycles. The van der Waals surface area contributed by atoms with Crippen LogP contribution in [0.15, 0.2) is 30.3 Å². The van der Waals surface area contributed by atoms with Crippen molar-refractivity contribution in [2.45, 2.75) is 56.6 Å². The Morgan fingerprint density at radius 3 is 2.77 bits per heavy atom. The van der Waals surface area contributed by atoms with Crippen LogP contribution in [0.3, 0.4) is 0 Å². The van der Waals surface area contributed by atoms with Gasteiger partial charge < -0.3 is 14.6 Å². The normalized spacial score (nSPS) is 23.2. The van der Waals surface area contributed by atoms with Gasteiger partial charge in [0, 0.05) is 12.8 Å². The maximum atomic E-state index is 11.4. The summed E-state index contributed by atoms with van der Waals surface area (Å²) in [6.45, 7) is 0.725. The average molecular weight is 357 g/mol. The number of aromatic nitrogens is 3. The summed E-state index contributed by atoms with van der Waals surface area (Å²) in [5.74, 6) is -0.580. The van der Waals surface area contributed by atoms with E-state index in [4.69, 9.17) is 9.47 Å². The molecule has 1 aromatic carbocycles. The van der Waals surface area contributed by atoms with E-state index in [-0.39, 0.29) is 5.69 Å². The van der Waals surface area contributed by atoms with Crippen LogP contribution in [0.25, 0.3) is 0 Å². The molecule has 2 unspecified atom stereocenters. The Morgan fingerprint density at radius 2 is 2.04 bits per heavy atom. The number of hydrogen-bond acceptors (Lipinski definition) is 6. The van der Waals surface area contributed by atoms with Gasteiger partial charge in [0.2, 0.25) is 0 Å². The quantitative estimate of drug-likeness (QED) is 0.826. The Balaban J connectivity index is 1.56. The number of hydrogen-bond donors (Lipinski definition) is 1. The predicted octanol–water partition coefficient (Wildman–Crippen LogP) is 2.25. The fraction of sp³-hybridized carbons (Fsp3) is 0.526. The van der Waals surface area contributed by atoms with Crippen LogP contribution in [-0.2, 0) is 16.0 Å². The van der Waals surface area contributed by atoms with Gasteiger partial charge >= 0.3 is 0 Å². The Kier molecular flexibility index (Phi) is 4.84. The van der Waals surface area contributed by atoms with Crippen molar-refractivity contribution >= 4 is 6.29 Å². The van der Waals surface area contributed by atoms with Gasteiger partial charge in [-0.15, -0.1) is 5.10 Å². The molecule has 2 heterocycles. The Morgan fingerprint density at radius 1 is 1.27 bits per heavy atom. The number of carbonyl (C=O) groups excluding carboxylic acids is 1. The molecule has 1 aliphatic carbocycles. The van der Waals surface area contributed by atoms with Crippen LogP contribution in [0.5, 0.6) is 0 Å². The molecule has 7 heteroatoms. The van der Waals surface area contributed by atoms with Gasteiger partial charge in [-0.05, 0) is 18.4 Å². The second-order valence-corrected chi connectivity index (χ2v) is 7.00. The fourth-order valence-electron chi connectivity index (χ4n) is 3.86. The molecule has 138 valence electrons. The van der Waals surface area contributed by atoms with E-state index in [0.717, 1.165) is 31.2 Å². The molecular weight excluding hydrogens is 334 g/mol. The average Bonchev–Trinajstić information content (AvgIpc) is 3.27. The zero-order chi connectivity index (χ0) is 18.0. The standard InChI is InChI=1S/C19H23N3O4/c23-12-15-17(22(21-20-15)11-14-7-3-1-4-8-14)18(24)16-13-25-19(26-16)9-5-2-6-10-19/h1,3-4,7-8,12,16,18,24H,2,5-6,9-11,13H2. The first-order chi connectivity index (χ1) is 12.7. The zero-order valence-corrected chi connectivity index (χ0v) is 14.6. The third kappa shape index (κ3) is 3.30. The number of aliphatic hydroxyl groups excluding tert-OH is 1. The van der Waals surface area contributed by atoms with Crippen molar-refractivity contribution in [1.29, 1.82) is 0 Å². The number of ether oxygens (including phenoxy) is 2. The molecule has 1 aromatic heterocycles. The van der Waals surface area contributed by atoms with Crippen LogP contribution < -0.4 is 0 Å². The lowest BCUT2D eigenvalue weighted by atomic mass is 9.94. The highest BCUT2D eigenvalue weighted by Gasteiger charge is 2.45. The summed E-state index contributed by atoms with van der Waals surface area (Å²) in [7, 11) is 0. The van der Waals surface area contributed by atoms with E-state index in [9.17, 15) is 9.90 Å². The predicted molar refractivity (Wildman–Crippen MR) is 92.6 cm³/mol. The first-order valence-corrected chi connectivity index (χ1v) is 9.13. The lowest BCUT2D eigenvalue weighted by Crippen LogP contribution is -2.34. The van der Waals surface area contributed by atoms with Crippen LogP contribution >= 0.6 is 0 Å². The number of aldehydes is 1. The van der Waals surface area contributed by atoms with Gasteiger partial charge in [0.05, 0.1) is 13.2 Å². The summed E-state index contributed by atoms with van der Waals surface area (Å²) in [5.41, 5.74) is 1.53. The van der Waals surface area contributed by atoms with Gasteiger partial charge in [0.15, 0.2) is 17.8 Å². The smallest absolute Gasteiger partial charge is 0.172 e. The number of benzene rings is 1. The second-order valence-electron chi connectivity index (χ2n) is 7.00. The molecule has 2 fully saturated rings. The molecule has 1 aliphatic heterocycles. The molecule has 1 spiro atoms. The van der Waals surface area contributed by atoms with Gasteiger partial charge in [-0.1, -0.05) is 42.0 Å². The molecule has 26 heavy (non-hydrogen) atoms. The van der Waals surface area contributed by atoms with Crippen LogP contribution in [0, 0.1) is 0 Å². The maximum Gasteiger partial charge on any atom is 0.172 e. The van der Waals surface area contributed by atoms with E-state index in [1.807, 2.05) is 30.3 Å². The van der Waals surface area contributed by atoms with Gasteiger partial charge in [0.25, 0.3) is 0 Å². The van der Waals surface area contributed by atoms with Crippen LogP contribution in [-0.4, -0.2) is 44.9 Å². The van der Waals surface area contributed by atoms with Crippen molar-refractivity contribution in [1.82, 2.24) is 15.0 Å². The summed E-state index contributed by atoms with van der Waals surface area (Å²) in [6.07, 6.45) is 4.09. The molecule has 2 aliphatic rings. The molecule has 2 atom stereocenters. The SMILES string of the molecule is O=Cc1nnn(Cc2ccccc2)c1C(O)C1COC2(CCCCC2)O1. The lowest BCUT2D eigenvalue weighted by Gasteiger charge is -2.32. The first kappa shape index (κ1) is 17.3. The first-order valence-electron chi connectivity index (χ1n) is 9.13. The molecule has 4 rings (SSSR count). The number of aliphatic hydroxyl groups is 1. The molecule has 0 bridgehead atoms. The highest BCUT2D eigenvalue weighted by molar-refractivity contribution is 5.73. The Hall–Kier alpha value is -2.09. The molecular formula is C19H23N3O4. The fourth-order valence-corrected chi connectivity index (χ4v) is 3.86. The number of rotatable bonds is 5. The van der Waals surface area contributed by atoms with Gasteiger partial charge in [-0.25, -0.2) is 4.68 Å². The van der Waals surface area contributed by atoms with Crippen molar-refractivity contribution in [3.63, 3.8) is 0 Å². The van der Waals surface area contributed by atoms with E-state index in [2.05, 4.69) is 10.3 Å². The number of nitrogens with zero attached hydrogens (tertiary/aromatic N) is 3. The monoisotopic (exact) mass is 357 g/mol. The maximum absolute atomic E-state index is 11.4. The molecule has 1 N–H and O–H groups in total. The van der Waals surface area contributed by atoms with Crippen molar-refractivity contribution in [2.24, 2.45) is 0 Å². The van der Waals surface area contributed by atoms with Crippen LogP contribution in [0.1, 0.15) is 60.0 Å². The largest absolute Gasteiger partial charge is 0.384 e. The van der Waals surface area contributed by atoms with E-state index in [1.165, 1.54) is 6.42 Å². The zero-order valence-electron chi connectivity index (χ0n) is 14.6.